The fourth-order valence-electron chi connectivity index (χ4n) is 3.67. The molecule has 2 N–H and O–H groups in total. The smallest absolute Gasteiger partial charge is 0.329 e. The number of hydrogen-bond acceptors (Lipinski definition) is 3. The van der Waals surface area contributed by atoms with E-state index in [2.05, 4.69) is 5.32 Å². The van der Waals surface area contributed by atoms with Crippen LogP contribution in [0.5, 0.6) is 0 Å². The number of benzene rings is 1. The van der Waals surface area contributed by atoms with Gasteiger partial charge in [0.1, 0.15) is 11.4 Å². The van der Waals surface area contributed by atoms with Crippen LogP contribution in [0.1, 0.15) is 38.5 Å². The first-order chi connectivity index (χ1) is 11.9. The lowest BCUT2D eigenvalue weighted by molar-refractivity contribution is -0.149. The van der Waals surface area contributed by atoms with Gasteiger partial charge in [0.25, 0.3) is 0 Å². The van der Waals surface area contributed by atoms with Crippen LogP contribution in [0.2, 0.25) is 0 Å². The third-order valence-corrected chi connectivity index (χ3v) is 5.12. The van der Waals surface area contributed by atoms with Gasteiger partial charge in [-0.3, -0.25) is 9.59 Å². The lowest BCUT2D eigenvalue weighted by atomic mass is 9.81. The second kappa shape index (κ2) is 6.82. The van der Waals surface area contributed by atoms with Gasteiger partial charge in [-0.05, 0) is 25.0 Å². The summed E-state index contributed by atoms with van der Waals surface area (Å²) < 4.78 is 13.9. The molecule has 0 aromatic heterocycles. The first kappa shape index (κ1) is 17.4. The zero-order chi connectivity index (χ0) is 18.0. The molecule has 0 bridgehead atoms. The second-order valence-electron chi connectivity index (χ2n) is 6.79. The van der Waals surface area contributed by atoms with E-state index in [1.807, 2.05) is 0 Å². The number of carbonyl (C=O) groups excluding carboxylic acids is 2. The number of nitrogens with one attached hydrogen (secondary N) is 1. The van der Waals surface area contributed by atoms with Gasteiger partial charge in [-0.2, -0.15) is 0 Å². The average Bonchev–Trinajstić information content (AvgIpc) is 2.98. The van der Waals surface area contributed by atoms with Crippen LogP contribution in [0, 0.1) is 11.7 Å². The van der Waals surface area contributed by atoms with Crippen LogP contribution in [-0.4, -0.2) is 35.0 Å². The van der Waals surface area contributed by atoms with Crippen molar-refractivity contribution in [2.45, 2.75) is 44.1 Å². The maximum absolute atomic E-state index is 13.9. The van der Waals surface area contributed by atoms with Gasteiger partial charge in [-0.15, -0.1) is 0 Å². The molecule has 2 fully saturated rings. The quantitative estimate of drug-likeness (QED) is 0.872. The molecule has 1 aromatic carbocycles. The molecule has 0 radical (unpaired) electrons. The van der Waals surface area contributed by atoms with Crippen molar-refractivity contribution in [3.63, 3.8) is 0 Å². The summed E-state index contributed by atoms with van der Waals surface area (Å²) in [5.74, 6) is -3.01. The van der Waals surface area contributed by atoms with E-state index in [4.69, 9.17) is 0 Å². The molecule has 1 atom stereocenters. The fraction of sp³-hybridized carbons (Fsp3) is 0.500. The average molecular weight is 348 g/mol. The molecular formula is C18H21FN2O4. The number of nitrogens with zero attached hydrogens (tertiary/aromatic N) is 1. The summed E-state index contributed by atoms with van der Waals surface area (Å²) in [6, 6.07) is 5.91. The number of aliphatic carboxylic acids is 1. The van der Waals surface area contributed by atoms with Crippen molar-refractivity contribution in [1.29, 1.82) is 0 Å². The highest BCUT2D eigenvalue weighted by Gasteiger charge is 2.44. The minimum Gasteiger partial charge on any atom is -0.480 e. The third kappa shape index (κ3) is 3.36. The van der Waals surface area contributed by atoms with E-state index in [-0.39, 0.29) is 24.6 Å². The molecule has 1 aliphatic carbocycles. The number of amides is 2. The molecule has 2 aliphatic rings. The molecule has 7 heteroatoms. The van der Waals surface area contributed by atoms with E-state index in [0.717, 1.165) is 19.3 Å². The van der Waals surface area contributed by atoms with Gasteiger partial charge in [0.15, 0.2) is 0 Å². The molecular weight excluding hydrogens is 327 g/mol. The van der Waals surface area contributed by atoms with Crippen molar-refractivity contribution in [2.75, 3.05) is 11.4 Å². The summed E-state index contributed by atoms with van der Waals surface area (Å²) in [5.41, 5.74) is -1.10. The molecule has 3 rings (SSSR count). The standard InChI is InChI=1S/C18H21FN2O4/c19-13-6-2-3-7-14(13)21-11-12(10-15(21)22)16(23)20-18(17(24)25)8-4-1-5-9-18/h2-3,6-7,12H,1,4-5,8-11H2,(H,20,23)(H,24,25). The number of carboxylic acids is 1. The Balaban J connectivity index is 1.72. The summed E-state index contributed by atoms with van der Waals surface area (Å²) in [6.07, 6.45) is 3.19. The minimum atomic E-state index is -1.25. The Bertz CT molecular complexity index is 700. The second-order valence-corrected chi connectivity index (χ2v) is 6.79. The van der Waals surface area contributed by atoms with Gasteiger partial charge in [-0.25, -0.2) is 9.18 Å². The van der Waals surface area contributed by atoms with Crippen LogP contribution in [0.4, 0.5) is 10.1 Å². The Kier molecular flexibility index (Phi) is 4.74. The predicted octanol–water partition coefficient (Wildman–Crippen LogP) is 2.08. The fourth-order valence-corrected chi connectivity index (χ4v) is 3.67. The van der Waals surface area contributed by atoms with Crippen LogP contribution >= 0.6 is 0 Å². The van der Waals surface area contributed by atoms with Crippen LogP contribution in [0.3, 0.4) is 0 Å². The van der Waals surface area contributed by atoms with Crippen molar-refractivity contribution < 1.29 is 23.9 Å². The molecule has 1 saturated carbocycles. The van der Waals surface area contributed by atoms with Gasteiger partial charge in [0.05, 0.1) is 11.6 Å². The topological polar surface area (TPSA) is 86.7 Å². The van der Waals surface area contributed by atoms with E-state index in [1.54, 1.807) is 6.07 Å². The normalized spacial score (nSPS) is 22.7. The van der Waals surface area contributed by atoms with Crippen LogP contribution < -0.4 is 10.2 Å². The molecule has 2 amide bonds. The molecule has 134 valence electrons. The number of halogens is 1. The SMILES string of the molecule is O=C(NC1(C(=O)O)CCCCC1)C1CC(=O)N(c2ccccc2F)C1. The van der Waals surface area contributed by atoms with Crippen molar-refractivity contribution >= 4 is 23.5 Å². The Morgan fingerprint density at radius 2 is 1.88 bits per heavy atom. The van der Waals surface area contributed by atoms with Gasteiger partial charge >= 0.3 is 5.97 Å². The molecule has 0 spiro atoms. The number of carbonyl (C=O) groups is 3. The Hall–Kier alpha value is -2.44. The minimum absolute atomic E-state index is 0.0458. The summed E-state index contributed by atoms with van der Waals surface area (Å²) in [4.78, 5) is 37.7. The Labute approximate surface area is 145 Å². The first-order valence-corrected chi connectivity index (χ1v) is 8.53. The number of para-hydroxylation sites is 1. The van der Waals surface area contributed by atoms with Gasteiger partial charge < -0.3 is 15.3 Å². The van der Waals surface area contributed by atoms with E-state index in [1.165, 1.54) is 23.1 Å². The first-order valence-electron chi connectivity index (χ1n) is 8.53. The van der Waals surface area contributed by atoms with Gasteiger partial charge in [0, 0.05) is 13.0 Å². The molecule has 1 saturated heterocycles. The van der Waals surface area contributed by atoms with Crippen LogP contribution in [0.15, 0.2) is 24.3 Å². The van der Waals surface area contributed by atoms with E-state index in [0.29, 0.717) is 12.8 Å². The molecule has 1 heterocycles. The molecule has 25 heavy (non-hydrogen) atoms. The van der Waals surface area contributed by atoms with Crippen LogP contribution in [-0.2, 0) is 14.4 Å². The van der Waals surface area contributed by atoms with E-state index >= 15 is 0 Å². The highest BCUT2D eigenvalue weighted by Crippen LogP contribution is 2.31. The number of carboxylic acid groups (broad SMARTS) is 1. The van der Waals surface area contributed by atoms with Crippen molar-refractivity contribution in [2.24, 2.45) is 5.92 Å². The summed E-state index contributed by atoms with van der Waals surface area (Å²) in [6.45, 7) is 0.0568. The monoisotopic (exact) mass is 348 g/mol. The summed E-state index contributed by atoms with van der Waals surface area (Å²) in [7, 11) is 0. The van der Waals surface area contributed by atoms with Crippen LogP contribution in [0.25, 0.3) is 0 Å². The Morgan fingerprint density at radius 3 is 2.52 bits per heavy atom. The Morgan fingerprint density at radius 1 is 1.20 bits per heavy atom. The van der Waals surface area contributed by atoms with Gasteiger partial charge in [0.2, 0.25) is 11.8 Å². The van der Waals surface area contributed by atoms with Crippen molar-refractivity contribution in [3.8, 4) is 0 Å². The number of anilines is 1. The van der Waals surface area contributed by atoms with E-state index < -0.39 is 29.2 Å². The lowest BCUT2D eigenvalue weighted by Crippen LogP contribution is -2.57. The zero-order valence-corrected chi connectivity index (χ0v) is 13.8. The number of rotatable bonds is 4. The van der Waals surface area contributed by atoms with Gasteiger partial charge in [-0.1, -0.05) is 31.4 Å². The summed E-state index contributed by atoms with van der Waals surface area (Å²) >= 11 is 0. The maximum Gasteiger partial charge on any atom is 0.329 e. The lowest BCUT2D eigenvalue weighted by Gasteiger charge is -2.34. The molecule has 6 nitrogen and oxygen atoms in total. The summed E-state index contributed by atoms with van der Waals surface area (Å²) in [5, 5.41) is 12.2. The highest BCUT2D eigenvalue weighted by molar-refractivity contribution is 6.01. The highest BCUT2D eigenvalue weighted by atomic mass is 19.1. The zero-order valence-electron chi connectivity index (χ0n) is 13.8. The maximum atomic E-state index is 13.9. The van der Waals surface area contributed by atoms with Crippen molar-refractivity contribution in [1.82, 2.24) is 5.32 Å². The van der Waals surface area contributed by atoms with E-state index in [9.17, 15) is 23.9 Å². The third-order valence-electron chi connectivity index (χ3n) is 5.12. The number of hydrogen-bond donors (Lipinski definition) is 2. The van der Waals surface area contributed by atoms with Crippen molar-refractivity contribution in [3.05, 3.63) is 30.1 Å². The molecule has 1 aliphatic heterocycles. The largest absolute Gasteiger partial charge is 0.480 e. The molecule has 1 unspecified atom stereocenters. The molecule has 1 aromatic rings. The predicted molar refractivity (Wildman–Crippen MR) is 88.5 cm³/mol.